The number of rotatable bonds is 12. The average molecular weight is 820 g/mol. The van der Waals surface area contributed by atoms with Crippen LogP contribution in [0.5, 0.6) is 0 Å². The highest BCUT2D eigenvalue weighted by molar-refractivity contribution is 5.93. The maximum Gasteiger partial charge on any atom is 0.0713 e. The van der Waals surface area contributed by atoms with Crippen LogP contribution in [0.1, 0.15) is 44.5 Å². The van der Waals surface area contributed by atoms with Gasteiger partial charge in [-0.1, -0.05) is 231 Å². The van der Waals surface area contributed by atoms with Gasteiger partial charge in [-0.3, -0.25) is 0 Å². The van der Waals surface area contributed by atoms with E-state index in [4.69, 9.17) is 0 Å². The number of aryl methyl sites for hydroxylation is 1. The molecule has 10 rings (SSSR count). The summed E-state index contributed by atoms with van der Waals surface area (Å²) in [5.41, 5.74) is 20.4. The monoisotopic (exact) mass is 819 g/mol. The smallest absolute Gasteiger partial charge is 0.0713 e. The molecule has 0 heterocycles. The number of nitrogens with one attached hydrogen (secondary N) is 1. The van der Waals surface area contributed by atoms with Crippen LogP contribution in [0.4, 0.5) is 5.69 Å². The van der Waals surface area contributed by atoms with Crippen molar-refractivity contribution in [2.45, 2.75) is 18.8 Å². The van der Waals surface area contributed by atoms with Crippen molar-refractivity contribution in [2.24, 2.45) is 0 Å². The highest BCUT2D eigenvalue weighted by Gasteiger charge is 2.46. The molecule has 0 radical (unpaired) electrons. The molecule has 1 heteroatoms. The minimum atomic E-state index is -0.504. The standard InChI is InChI=1S/C63H49N/c1-46-18-14-15-27-57(46)60-45-52(35-36-53(60)44-48-21-8-3-9-22-48)51-33-31-49(32-34-51)50-37-39-56(40-38-50)64-43-42-59-58-28-16-17-29-61(58)63(54-23-10-4-11-24-54,55-25-12-5-13-26-55)62(59)41-30-47-19-6-2-7-20-47/h2-43,45,64H,44H2,1H3/b41-30-,43-42+. The molecule has 0 unspecified atom stereocenters. The summed E-state index contributed by atoms with van der Waals surface area (Å²) in [6, 6.07) is 85.5. The fraction of sp³-hybridized carbons (Fsp3) is 0.0476. The summed E-state index contributed by atoms with van der Waals surface area (Å²) < 4.78 is 0. The molecule has 0 saturated carbocycles. The van der Waals surface area contributed by atoms with Crippen LogP contribution in [0.3, 0.4) is 0 Å². The van der Waals surface area contributed by atoms with Gasteiger partial charge in [0.05, 0.1) is 5.41 Å². The Kier molecular flexibility index (Phi) is 11.4. The molecule has 0 spiro atoms. The van der Waals surface area contributed by atoms with Crippen molar-refractivity contribution >= 4 is 17.3 Å². The lowest BCUT2D eigenvalue weighted by Gasteiger charge is -2.34. The molecule has 1 aliphatic carbocycles. The highest BCUT2D eigenvalue weighted by atomic mass is 14.8. The van der Waals surface area contributed by atoms with Gasteiger partial charge in [-0.15, -0.1) is 0 Å². The zero-order valence-corrected chi connectivity index (χ0v) is 36.0. The molecule has 306 valence electrons. The van der Waals surface area contributed by atoms with E-state index in [0.717, 1.165) is 17.7 Å². The number of allylic oxidation sites excluding steroid dienone is 4. The lowest BCUT2D eigenvalue weighted by atomic mass is 9.66. The SMILES string of the molecule is Cc1ccccc1-c1cc(-c2ccc(-c3ccc(N/C=C/C4=C(/C=C\c5ccccc5)C(c5ccccc5)(c5ccccc5)c5ccccc54)cc3)cc2)ccc1Cc1ccccc1. The van der Waals surface area contributed by atoms with E-state index in [1.165, 1.54) is 83.5 Å². The van der Waals surface area contributed by atoms with Crippen LogP contribution in [0.25, 0.3) is 45.0 Å². The summed E-state index contributed by atoms with van der Waals surface area (Å²) in [4.78, 5) is 0. The Labute approximate surface area is 378 Å². The first-order valence-corrected chi connectivity index (χ1v) is 22.2. The third kappa shape index (κ3) is 7.97. The molecule has 0 atom stereocenters. The van der Waals surface area contributed by atoms with E-state index in [-0.39, 0.29) is 0 Å². The molecular weight excluding hydrogens is 771 g/mol. The second-order valence-electron chi connectivity index (χ2n) is 16.6. The van der Waals surface area contributed by atoms with Crippen molar-refractivity contribution in [3.63, 3.8) is 0 Å². The molecule has 1 aliphatic rings. The summed E-state index contributed by atoms with van der Waals surface area (Å²) in [7, 11) is 0. The number of benzene rings is 9. The van der Waals surface area contributed by atoms with Crippen molar-refractivity contribution in [1.29, 1.82) is 0 Å². The van der Waals surface area contributed by atoms with Crippen LogP contribution in [-0.4, -0.2) is 0 Å². The minimum absolute atomic E-state index is 0.504. The third-order valence-corrected chi connectivity index (χ3v) is 12.7. The number of hydrogen-bond donors (Lipinski definition) is 1. The Hall–Kier alpha value is -8.00. The van der Waals surface area contributed by atoms with Gasteiger partial charge in [0, 0.05) is 11.9 Å². The Morgan fingerprint density at radius 2 is 0.938 bits per heavy atom. The molecule has 1 nitrogen and oxygen atoms in total. The van der Waals surface area contributed by atoms with Crippen molar-refractivity contribution in [1.82, 2.24) is 0 Å². The van der Waals surface area contributed by atoms with Crippen LogP contribution >= 0.6 is 0 Å². The van der Waals surface area contributed by atoms with Crippen molar-refractivity contribution in [2.75, 3.05) is 5.32 Å². The Bertz CT molecular complexity index is 3060. The van der Waals surface area contributed by atoms with Gasteiger partial charge in [0.1, 0.15) is 0 Å². The molecule has 0 amide bonds. The quantitative estimate of drug-likeness (QED) is 0.129. The fourth-order valence-corrected chi connectivity index (χ4v) is 9.53. The minimum Gasteiger partial charge on any atom is -0.362 e. The van der Waals surface area contributed by atoms with E-state index in [2.05, 4.69) is 273 Å². The molecular formula is C63H49N. The molecule has 0 bridgehead atoms. The van der Waals surface area contributed by atoms with Gasteiger partial charge in [0.25, 0.3) is 0 Å². The van der Waals surface area contributed by atoms with E-state index in [9.17, 15) is 0 Å². The largest absolute Gasteiger partial charge is 0.362 e. The molecule has 9 aromatic rings. The van der Waals surface area contributed by atoms with E-state index in [0.29, 0.717) is 0 Å². The Morgan fingerprint density at radius 1 is 0.422 bits per heavy atom. The second-order valence-corrected chi connectivity index (χ2v) is 16.6. The van der Waals surface area contributed by atoms with E-state index >= 15 is 0 Å². The van der Waals surface area contributed by atoms with Gasteiger partial charge in [0.15, 0.2) is 0 Å². The van der Waals surface area contributed by atoms with Crippen LogP contribution in [0.15, 0.2) is 261 Å². The molecule has 0 aliphatic heterocycles. The number of hydrogen-bond acceptors (Lipinski definition) is 1. The molecule has 0 fully saturated rings. The van der Waals surface area contributed by atoms with Crippen molar-refractivity contribution in [3.8, 4) is 33.4 Å². The zero-order chi connectivity index (χ0) is 43.1. The summed E-state index contributed by atoms with van der Waals surface area (Å²) in [5.74, 6) is 0. The molecule has 9 aromatic carbocycles. The maximum atomic E-state index is 3.62. The number of fused-ring (bicyclic) bond motifs is 1. The first kappa shape index (κ1) is 40.1. The number of anilines is 1. The molecule has 0 aromatic heterocycles. The summed E-state index contributed by atoms with van der Waals surface area (Å²) in [6.45, 7) is 2.20. The van der Waals surface area contributed by atoms with Crippen LogP contribution in [0, 0.1) is 6.92 Å². The maximum absolute atomic E-state index is 3.62. The van der Waals surface area contributed by atoms with E-state index in [1.807, 2.05) is 0 Å². The van der Waals surface area contributed by atoms with Gasteiger partial charge in [0.2, 0.25) is 0 Å². The zero-order valence-electron chi connectivity index (χ0n) is 36.0. The highest BCUT2D eigenvalue weighted by Crippen LogP contribution is 2.55. The predicted octanol–water partition coefficient (Wildman–Crippen LogP) is 16.0. The second kappa shape index (κ2) is 18.2. The summed E-state index contributed by atoms with van der Waals surface area (Å²) in [5, 5.41) is 3.62. The van der Waals surface area contributed by atoms with Gasteiger partial charge in [-0.25, -0.2) is 0 Å². The van der Waals surface area contributed by atoms with Crippen LogP contribution < -0.4 is 5.32 Å². The van der Waals surface area contributed by atoms with E-state index < -0.39 is 5.41 Å². The first-order valence-electron chi connectivity index (χ1n) is 22.2. The van der Waals surface area contributed by atoms with Crippen LogP contribution in [0.2, 0.25) is 0 Å². The van der Waals surface area contributed by atoms with Gasteiger partial charge < -0.3 is 5.32 Å². The van der Waals surface area contributed by atoms with Crippen molar-refractivity contribution in [3.05, 3.63) is 305 Å². The summed E-state index contributed by atoms with van der Waals surface area (Å²) in [6.07, 6.45) is 9.82. The third-order valence-electron chi connectivity index (χ3n) is 12.7. The lowest BCUT2D eigenvalue weighted by Crippen LogP contribution is -2.29. The predicted molar refractivity (Wildman–Crippen MR) is 271 cm³/mol. The Morgan fingerprint density at radius 3 is 1.58 bits per heavy atom. The lowest BCUT2D eigenvalue weighted by molar-refractivity contribution is 0.762. The topological polar surface area (TPSA) is 12.0 Å². The molecule has 1 N–H and O–H groups in total. The van der Waals surface area contributed by atoms with Crippen molar-refractivity contribution < 1.29 is 0 Å². The molecule has 64 heavy (non-hydrogen) atoms. The van der Waals surface area contributed by atoms with E-state index in [1.54, 1.807) is 0 Å². The van der Waals surface area contributed by atoms with Gasteiger partial charge in [-0.05, 0) is 127 Å². The summed E-state index contributed by atoms with van der Waals surface area (Å²) >= 11 is 0. The average Bonchev–Trinajstić information content (AvgIpc) is 3.64. The van der Waals surface area contributed by atoms with Gasteiger partial charge in [-0.2, -0.15) is 0 Å². The normalized spacial score (nSPS) is 13.1. The van der Waals surface area contributed by atoms with Gasteiger partial charge >= 0.3 is 0 Å². The fourth-order valence-electron chi connectivity index (χ4n) is 9.53. The Balaban J connectivity index is 0.938. The van der Waals surface area contributed by atoms with Crippen LogP contribution in [-0.2, 0) is 11.8 Å². The first-order chi connectivity index (χ1) is 31.6. The molecule has 0 saturated heterocycles.